The number of hydrogen-bond donors (Lipinski definition) is 0. The topological polar surface area (TPSA) is 0 Å². The summed E-state index contributed by atoms with van der Waals surface area (Å²) in [7, 11) is 0. The van der Waals surface area contributed by atoms with Crippen molar-refractivity contribution < 1.29 is 0 Å². The highest BCUT2D eigenvalue weighted by molar-refractivity contribution is 4.66. The van der Waals surface area contributed by atoms with Crippen molar-refractivity contribution in [1.82, 2.24) is 0 Å². The molecular formula is C27H52. The minimum Gasteiger partial charge on any atom is -0.103 e. The molecule has 0 amide bonds. The molecule has 0 N–H and O–H groups in total. The van der Waals surface area contributed by atoms with Gasteiger partial charge in [-0.05, 0) is 43.9 Å². The number of hydrogen-bond acceptors (Lipinski definition) is 0. The minimum atomic E-state index is 0.865. The summed E-state index contributed by atoms with van der Waals surface area (Å²) in [6, 6.07) is 0. The predicted molar refractivity (Wildman–Crippen MR) is 126 cm³/mol. The van der Waals surface area contributed by atoms with E-state index in [0.717, 1.165) is 11.8 Å². The maximum Gasteiger partial charge on any atom is -0.0353 e. The summed E-state index contributed by atoms with van der Waals surface area (Å²) in [6.07, 6.45) is 30.9. The Balaban J connectivity index is 3.59. The fourth-order valence-corrected chi connectivity index (χ4v) is 4.26. The van der Waals surface area contributed by atoms with Crippen LogP contribution in [0.2, 0.25) is 0 Å². The van der Waals surface area contributed by atoms with Crippen LogP contribution in [0.25, 0.3) is 0 Å². The van der Waals surface area contributed by atoms with Crippen molar-refractivity contribution >= 4 is 0 Å². The molecule has 0 aliphatic carbocycles. The Labute approximate surface area is 173 Å². The lowest BCUT2D eigenvalue weighted by atomic mass is 9.87. The van der Waals surface area contributed by atoms with E-state index >= 15 is 0 Å². The van der Waals surface area contributed by atoms with Crippen molar-refractivity contribution in [2.75, 3.05) is 0 Å². The van der Waals surface area contributed by atoms with Gasteiger partial charge >= 0.3 is 0 Å². The van der Waals surface area contributed by atoms with Crippen LogP contribution in [0.1, 0.15) is 136 Å². The smallest absolute Gasteiger partial charge is 0.0353 e. The van der Waals surface area contributed by atoms with Crippen LogP contribution in [0.5, 0.6) is 0 Å². The molecule has 0 aromatic carbocycles. The Kier molecular flexibility index (Phi) is 21.4. The van der Waals surface area contributed by atoms with Gasteiger partial charge in [-0.25, -0.2) is 0 Å². The second kappa shape index (κ2) is 21.8. The van der Waals surface area contributed by atoms with Crippen molar-refractivity contribution in [3.8, 4) is 0 Å². The van der Waals surface area contributed by atoms with Crippen LogP contribution in [-0.2, 0) is 0 Å². The van der Waals surface area contributed by atoms with E-state index in [1.165, 1.54) is 122 Å². The summed E-state index contributed by atoms with van der Waals surface area (Å²) in [5.41, 5.74) is 0. The van der Waals surface area contributed by atoms with Gasteiger partial charge in [0.25, 0.3) is 0 Å². The zero-order valence-corrected chi connectivity index (χ0v) is 19.2. The van der Waals surface area contributed by atoms with Crippen LogP contribution in [0.3, 0.4) is 0 Å². The zero-order valence-electron chi connectivity index (χ0n) is 19.2. The molecule has 0 spiro atoms. The van der Waals surface area contributed by atoms with Crippen molar-refractivity contribution in [2.24, 2.45) is 11.8 Å². The second-order valence-electron chi connectivity index (χ2n) is 9.18. The SMILES string of the molecule is C=CCCCCCCCCCC(CCCCCCCCCC=C)CC(C)C. The molecule has 0 atom stereocenters. The second-order valence-corrected chi connectivity index (χ2v) is 9.18. The normalized spacial score (nSPS) is 11.4. The Hall–Kier alpha value is -0.520. The fourth-order valence-electron chi connectivity index (χ4n) is 4.26. The average molecular weight is 377 g/mol. The van der Waals surface area contributed by atoms with Crippen LogP contribution < -0.4 is 0 Å². The lowest BCUT2D eigenvalue weighted by Crippen LogP contribution is -2.05. The molecule has 0 unspecified atom stereocenters. The molecule has 0 aliphatic rings. The third-order valence-electron chi connectivity index (χ3n) is 5.85. The first kappa shape index (κ1) is 26.5. The monoisotopic (exact) mass is 376 g/mol. The first-order valence-electron chi connectivity index (χ1n) is 12.4. The Morgan fingerprint density at radius 2 is 0.852 bits per heavy atom. The van der Waals surface area contributed by atoms with Gasteiger partial charge in [0.1, 0.15) is 0 Å². The van der Waals surface area contributed by atoms with E-state index in [0.29, 0.717) is 0 Å². The van der Waals surface area contributed by atoms with Crippen LogP contribution in [0, 0.1) is 11.8 Å². The molecule has 0 saturated carbocycles. The quantitative estimate of drug-likeness (QED) is 0.130. The first-order chi connectivity index (χ1) is 13.2. The average Bonchev–Trinajstić information content (AvgIpc) is 2.64. The van der Waals surface area contributed by atoms with Crippen molar-refractivity contribution in [3.63, 3.8) is 0 Å². The Morgan fingerprint density at radius 1 is 0.519 bits per heavy atom. The summed E-state index contributed by atoms with van der Waals surface area (Å²) in [6.45, 7) is 12.4. The van der Waals surface area contributed by atoms with Crippen molar-refractivity contribution in [3.05, 3.63) is 25.3 Å². The molecule has 0 fully saturated rings. The molecule has 0 bridgehead atoms. The van der Waals surface area contributed by atoms with Gasteiger partial charge < -0.3 is 0 Å². The van der Waals surface area contributed by atoms with Gasteiger partial charge in [0.05, 0.1) is 0 Å². The van der Waals surface area contributed by atoms with Crippen molar-refractivity contribution in [2.45, 2.75) is 136 Å². The van der Waals surface area contributed by atoms with Gasteiger partial charge in [0.15, 0.2) is 0 Å². The maximum absolute atomic E-state index is 3.80. The molecule has 0 saturated heterocycles. The molecule has 27 heavy (non-hydrogen) atoms. The largest absolute Gasteiger partial charge is 0.103 e. The number of allylic oxidation sites excluding steroid dienone is 2. The zero-order chi connectivity index (χ0) is 20.0. The summed E-state index contributed by atoms with van der Waals surface area (Å²) >= 11 is 0. The van der Waals surface area contributed by atoms with Gasteiger partial charge in [-0.3, -0.25) is 0 Å². The third kappa shape index (κ3) is 21.6. The highest BCUT2D eigenvalue weighted by Crippen LogP contribution is 2.25. The molecule has 0 aromatic heterocycles. The van der Waals surface area contributed by atoms with E-state index in [1.807, 2.05) is 0 Å². The highest BCUT2D eigenvalue weighted by Gasteiger charge is 2.10. The molecule has 0 radical (unpaired) electrons. The molecule has 160 valence electrons. The van der Waals surface area contributed by atoms with Gasteiger partial charge in [0.2, 0.25) is 0 Å². The molecule has 0 aromatic rings. The van der Waals surface area contributed by atoms with Gasteiger partial charge in [-0.2, -0.15) is 0 Å². The number of rotatable bonds is 22. The predicted octanol–water partition coefficient (Wildman–Crippen LogP) is 10.0. The first-order valence-corrected chi connectivity index (χ1v) is 12.4. The number of unbranched alkanes of at least 4 members (excludes halogenated alkanes) is 14. The van der Waals surface area contributed by atoms with Gasteiger partial charge in [0, 0.05) is 0 Å². The minimum absolute atomic E-state index is 0.865. The molecule has 0 aliphatic heterocycles. The highest BCUT2D eigenvalue weighted by atomic mass is 14.2. The van der Waals surface area contributed by atoms with E-state index in [2.05, 4.69) is 39.2 Å². The molecule has 0 nitrogen and oxygen atoms in total. The molecular weight excluding hydrogens is 324 g/mol. The summed E-state index contributed by atoms with van der Waals surface area (Å²) in [5.74, 6) is 1.86. The van der Waals surface area contributed by atoms with Crippen LogP contribution in [0.15, 0.2) is 25.3 Å². The Bertz CT molecular complexity index is 275. The van der Waals surface area contributed by atoms with E-state index in [4.69, 9.17) is 0 Å². The fraction of sp³-hybridized carbons (Fsp3) is 0.852. The lowest BCUT2D eigenvalue weighted by Gasteiger charge is -2.19. The lowest BCUT2D eigenvalue weighted by molar-refractivity contribution is 0.338. The van der Waals surface area contributed by atoms with Crippen LogP contribution >= 0.6 is 0 Å². The summed E-state index contributed by atoms with van der Waals surface area (Å²) < 4.78 is 0. The molecule has 0 heteroatoms. The van der Waals surface area contributed by atoms with E-state index < -0.39 is 0 Å². The van der Waals surface area contributed by atoms with Crippen molar-refractivity contribution in [1.29, 1.82) is 0 Å². The van der Waals surface area contributed by atoms with E-state index in [1.54, 1.807) is 0 Å². The van der Waals surface area contributed by atoms with Gasteiger partial charge in [-0.15, -0.1) is 13.2 Å². The van der Waals surface area contributed by atoms with E-state index in [9.17, 15) is 0 Å². The summed E-state index contributed by atoms with van der Waals surface area (Å²) in [4.78, 5) is 0. The molecule has 0 heterocycles. The Morgan fingerprint density at radius 3 is 1.19 bits per heavy atom. The molecule has 0 rings (SSSR count). The standard InChI is InChI=1S/C27H52/c1-5-7-9-11-13-15-17-19-21-23-27(25-26(3)4)24-22-20-18-16-14-12-10-8-6-2/h5-6,26-27H,1-2,7-25H2,3-4H3. The third-order valence-corrected chi connectivity index (χ3v) is 5.85. The van der Waals surface area contributed by atoms with Crippen LogP contribution in [0.4, 0.5) is 0 Å². The van der Waals surface area contributed by atoms with E-state index in [-0.39, 0.29) is 0 Å². The van der Waals surface area contributed by atoms with Crippen LogP contribution in [-0.4, -0.2) is 0 Å². The maximum atomic E-state index is 3.80. The van der Waals surface area contributed by atoms with Gasteiger partial charge in [-0.1, -0.05) is 116 Å². The summed E-state index contributed by atoms with van der Waals surface area (Å²) in [5, 5.41) is 0.